The molecule has 2 aromatic heterocycles. The lowest BCUT2D eigenvalue weighted by Gasteiger charge is -2.33. The molecule has 0 atom stereocenters. The Kier molecular flexibility index (Phi) is 5.47. The van der Waals surface area contributed by atoms with Crippen molar-refractivity contribution < 1.29 is 15.0 Å². The Morgan fingerprint density at radius 2 is 1.97 bits per heavy atom. The molecule has 1 saturated heterocycles. The van der Waals surface area contributed by atoms with E-state index >= 15 is 0 Å². The van der Waals surface area contributed by atoms with Crippen LogP contribution in [-0.2, 0) is 0 Å². The highest BCUT2D eigenvalue weighted by molar-refractivity contribution is 5.98. The summed E-state index contributed by atoms with van der Waals surface area (Å²) in [5, 5.41) is 25.0. The van der Waals surface area contributed by atoms with E-state index in [-0.39, 0.29) is 18.2 Å². The standard InChI is InChI=1S/C23H28N4O3/c1-14(2)21-20-19(26-9-7-16(13-28)8-10-26)12-18(23(29)30)24-22(20)27(25-21)17-6-4-5-15(3)11-17/h4-6,11-12,14,16,28H,7-10,13H2,1-3H3,(H,29,30). The minimum Gasteiger partial charge on any atom is -0.477 e. The molecule has 1 aliphatic heterocycles. The van der Waals surface area contributed by atoms with Gasteiger partial charge in [0.25, 0.3) is 0 Å². The monoisotopic (exact) mass is 408 g/mol. The van der Waals surface area contributed by atoms with E-state index in [4.69, 9.17) is 5.10 Å². The molecule has 1 aromatic carbocycles. The lowest BCUT2D eigenvalue weighted by Crippen LogP contribution is -2.35. The summed E-state index contributed by atoms with van der Waals surface area (Å²) in [6, 6.07) is 9.65. The number of aromatic nitrogens is 3. The number of carboxylic acid groups (broad SMARTS) is 1. The van der Waals surface area contributed by atoms with Gasteiger partial charge in [0.1, 0.15) is 0 Å². The molecule has 3 heterocycles. The molecule has 0 bridgehead atoms. The molecular weight excluding hydrogens is 380 g/mol. The first-order valence-electron chi connectivity index (χ1n) is 10.5. The smallest absolute Gasteiger partial charge is 0.354 e. The summed E-state index contributed by atoms with van der Waals surface area (Å²) in [5.41, 5.74) is 4.34. The molecule has 0 radical (unpaired) electrons. The number of carboxylic acids is 1. The molecule has 0 spiro atoms. The van der Waals surface area contributed by atoms with Crippen LogP contribution in [0.15, 0.2) is 30.3 Å². The molecule has 1 aliphatic rings. The van der Waals surface area contributed by atoms with Crippen LogP contribution in [0.5, 0.6) is 0 Å². The zero-order valence-corrected chi connectivity index (χ0v) is 17.7. The van der Waals surface area contributed by atoms with Crippen molar-refractivity contribution >= 4 is 22.7 Å². The lowest BCUT2D eigenvalue weighted by atomic mass is 9.96. The summed E-state index contributed by atoms with van der Waals surface area (Å²) < 4.78 is 1.77. The average molecular weight is 409 g/mol. The zero-order chi connectivity index (χ0) is 21.4. The van der Waals surface area contributed by atoms with Gasteiger partial charge >= 0.3 is 5.97 Å². The van der Waals surface area contributed by atoms with Crippen molar-refractivity contribution in [3.05, 3.63) is 47.3 Å². The maximum atomic E-state index is 11.9. The Labute approximate surface area is 176 Å². The van der Waals surface area contributed by atoms with Crippen LogP contribution in [0.25, 0.3) is 16.7 Å². The van der Waals surface area contributed by atoms with Crippen LogP contribution in [-0.4, -0.2) is 50.6 Å². The average Bonchev–Trinajstić information content (AvgIpc) is 3.13. The van der Waals surface area contributed by atoms with E-state index in [1.54, 1.807) is 10.7 Å². The number of aryl methyl sites for hydroxylation is 1. The van der Waals surface area contributed by atoms with Gasteiger partial charge in [-0.3, -0.25) is 0 Å². The number of benzene rings is 1. The van der Waals surface area contributed by atoms with Crippen molar-refractivity contribution in [2.24, 2.45) is 5.92 Å². The van der Waals surface area contributed by atoms with Crippen molar-refractivity contribution in [2.75, 3.05) is 24.6 Å². The number of hydrogen-bond donors (Lipinski definition) is 2. The minimum absolute atomic E-state index is 0.0193. The molecule has 7 heteroatoms. The van der Waals surface area contributed by atoms with Gasteiger partial charge in [0.15, 0.2) is 11.3 Å². The summed E-state index contributed by atoms with van der Waals surface area (Å²) in [6.45, 7) is 7.95. The van der Waals surface area contributed by atoms with Gasteiger partial charge in [-0.2, -0.15) is 5.10 Å². The summed E-state index contributed by atoms with van der Waals surface area (Å²) >= 11 is 0. The van der Waals surface area contributed by atoms with Crippen LogP contribution in [0.3, 0.4) is 0 Å². The highest BCUT2D eigenvalue weighted by atomic mass is 16.4. The van der Waals surface area contributed by atoms with Crippen LogP contribution in [0.2, 0.25) is 0 Å². The fraction of sp³-hybridized carbons (Fsp3) is 0.435. The summed E-state index contributed by atoms with van der Waals surface area (Å²) in [7, 11) is 0. The van der Waals surface area contributed by atoms with Gasteiger partial charge in [0, 0.05) is 19.7 Å². The predicted octanol–water partition coefficient (Wildman–Crippen LogP) is 3.76. The minimum atomic E-state index is -1.05. The number of pyridine rings is 1. The van der Waals surface area contributed by atoms with E-state index in [1.807, 2.05) is 31.2 Å². The van der Waals surface area contributed by atoms with Crippen LogP contribution >= 0.6 is 0 Å². The molecule has 7 nitrogen and oxygen atoms in total. The number of aliphatic hydroxyl groups is 1. The number of carbonyl (C=O) groups is 1. The van der Waals surface area contributed by atoms with Gasteiger partial charge in [-0.25, -0.2) is 14.5 Å². The number of anilines is 1. The largest absolute Gasteiger partial charge is 0.477 e. The van der Waals surface area contributed by atoms with Crippen molar-refractivity contribution in [1.29, 1.82) is 0 Å². The van der Waals surface area contributed by atoms with Gasteiger partial charge in [-0.15, -0.1) is 0 Å². The highest BCUT2D eigenvalue weighted by Gasteiger charge is 2.27. The van der Waals surface area contributed by atoms with E-state index in [0.29, 0.717) is 11.6 Å². The quantitative estimate of drug-likeness (QED) is 0.668. The van der Waals surface area contributed by atoms with E-state index in [2.05, 4.69) is 23.7 Å². The number of nitrogens with zero attached hydrogens (tertiary/aromatic N) is 4. The van der Waals surface area contributed by atoms with Gasteiger partial charge in [-0.1, -0.05) is 26.0 Å². The van der Waals surface area contributed by atoms with Gasteiger partial charge in [0.2, 0.25) is 0 Å². The molecule has 0 saturated carbocycles. The zero-order valence-electron chi connectivity index (χ0n) is 17.7. The number of aromatic carboxylic acids is 1. The third-order valence-electron chi connectivity index (χ3n) is 5.87. The molecule has 0 aliphatic carbocycles. The summed E-state index contributed by atoms with van der Waals surface area (Å²) in [6.07, 6.45) is 1.76. The number of piperidine rings is 1. The highest BCUT2D eigenvalue weighted by Crippen LogP contribution is 2.36. The summed E-state index contributed by atoms with van der Waals surface area (Å²) in [4.78, 5) is 18.6. The topological polar surface area (TPSA) is 91.5 Å². The molecule has 0 unspecified atom stereocenters. The number of aliphatic hydroxyl groups excluding tert-OH is 1. The van der Waals surface area contributed by atoms with Crippen molar-refractivity contribution in [1.82, 2.24) is 14.8 Å². The van der Waals surface area contributed by atoms with Gasteiger partial charge in [0.05, 0.1) is 22.5 Å². The molecule has 2 N–H and O–H groups in total. The second-order valence-corrected chi connectivity index (χ2v) is 8.43. The first kappa shape index (κ1) is 20.3. The van der Waals surface area contributed by atoms with Crippen molar-refractivity contribution in [3.63, 3.8) is 0 Å². The SMILES string of the molecule is Cc1cccc(-n2nc(C(C)C)c3c(N4CCC(CO)CC4)cc(C(=O)O)nc32)c1. The molecule has 1 fully saturated rings. The Balaban J connectivity index is 1.96. The van der Waals surface area contributed by atoms with E-state index in [9.17, 15) is 15.0 Å². The number of fused-ring (bicyclic) bond motifs is 1. The van der Waals surface area contributed by atoms with Crippen LogP contribution in [0, 0.1) is 12.8 Å². The third-order valence-corrected chi connectivity index (χ3v) is 5.87. The Morgan fingerprint density at radius 3 is 2.57 bits per heavy atom. The molecular formula is C23H28N4O3. The van der Waals surface area contributed by atoms with Gasteiger partial charge in [-0.05, 0) is 55.4 Å². The summed E-state index contributed by atoms with van der Waals surface area (Å²) in [5.74, 6) is -0.589. The molecule has 30 heavy (non-hydrogen) atoms. The second kappa shape index (κ2) is 8.07. The Morgan fingerprint density at radius 1 is 1.23 bits per heavy atom. The third kappa shape index (κ3) is 3.65. The van der Waals surface area contributed by atoms with Gasteiger partial charge < -0.3 is 15.1 Å². The number of hydrogen-bond acceptors (Lipinski definition) is 5. The Hall–Kier alpha value is -2.93. The number of rotatable bonds is 5. The first-order valence-corrected chi connectivity index (χ1v) is 10.5. The lowest BCUT2D eigenvalue weighted by molar-refractivity contribution is 0.0691. The fourth-order valence-corrected chi connectivity index (χ4v) is 4.18. The van der Waals surface area contributed by atoms with Crippen LogP contribution < -0.4 is 4.90 Å². The van der Waals surface area contributed by atoms with E-state index in [1.165, 1.54) is 0 Å². The fourth-order valence-electron chi connectivity index (χ4n) is 4.18. The molecule has 3 aromatic rings. The van der Waals surface area contributed by atoms with E-state index in [0.717, 1.165) is 53.9 Å². The second-order valence-electron chi connectivity index (χ2n) is 8.43. The van der Waals surface area contributed by atoms with Crippen LogP contribution in [0.1, 0.15) is 54.4 Å². The van der Waals surface area contributed by atoms with Crippen molar-refractivity contribution in [2.45, 2.75) is 39.5 Å². The maximum absolute atomic E-state index is 11.9. The molecule has 4 rings (SSSR count). The molecule has 158 valence electrons. The van der Waals surface area contributed by atoms with Crippen LogP contribution in [0.4, 0.5) is 5.69 Å². The first-order chi connectivity index (χ1) is 14.4. The molecule has 0 amide bonds. The normalized spacial score (nSPS) is 15.3. The Bertz CT molecular complexity index is 1080. The maximum Gasteiger partial charge on any atom is 0.354 e. The van der Waals surface area contributed by atoms with E-state index < -0.39 is 5.97 Å². The van der Waals surface area contributed by atoms with Crippen molar-refractivity contribution in [3.8, 4) is 5.69 Å². The predicted molar refractivity (Wildman–Crippen MR) is 117 cm³/mol.